The molecular formula is C23H32N6O. The normalized spacial score (nSPS) is 16.1. The van der Waals surface area contributed by atoms with Gasteiger partial charge in [-0.25, -0.2) is 4.98 Å². The van der Waals surface area contributed by atoms with Crippen LogP contribution in [0.4, 0.5) is 5.82 Å². The van der Waals surface area contributed by atoms with E-state index in [0.717, 1.165) is 62.0 Å². The molecule has 1 atom stereocenters. The van der Waals surface area contributed by atoms with Gasteiger partial charge < -0.3 is 14.5 Å². The summed E-state index contributed by atoms with van der Waals surface area (Å²) >= 11 is 0. The van der Waals surface area contributed by atoms with E-state index in [1.54, 1.807) is 0 Å². The van der Waals surface area contributed by atoms with E-state index in [1.165, 1.54) is 5.82 Å². The Kier molecular flexibility index (Phi) is 6.20. The van der Waals surface area contributed by atoms with Crippen LogP contribution in [-0.2, 0) is 6.54 Å². The van der Waals surface area contributed by atoms with Gasteiger partial charge in [0, 0.05) is 45.0 Å². The molecule has 7 nitrogen and oxygen atoms in total. The van der Waals surface area contributed by atoms with Crippen molar-refractivity contribution in [2.45, 2.75) is 25.9 Å². The zero-order chi connectivity index (χ0) is 21.1. The molecule has 0 radical (unpaired) electrons. The van der Waals surface area contributed by atoms with Crippen LogP contribution in [0.25, 0.3) is 5.65 Å². The van der Waals surface area contributed by atoms with Gasteiger partial charge in [-0.3, -0.25) is 14.3 Å². The van der Waals surface area contributed by atoms with E-state index in [4.69, 9.17) is 9.72 Å². The maximum Gasteiger partial charge on any atom is 0.142 e. The number of aromatic nitrogens is 3. The first-order valence-corrected chi connectivity index (χ1v) is 10.7. The van der Waals surface area contributed by atoms with Gasteiger partial charge in [0.15, 0.2) is 0 Å². The summed E-state index contributed by atoms with van der Waals surface area (Å²) in [5.74, 6) is 2.09. The minimum Gasteiger partial charge on any atom is -0.492 e. The molecule has 160 valence electrons. The first-order chi connectivity index (χ1) is 14.6. The van der Waals surface area contributed by atoms with Crippen LogP contribution in [0.5, 0.6) is 5.75 Å². The molecule has 3 aromatic rings. The highest BCUT2D eigenvalue weighted by Gasteiger charge is 2.26. The predicted octanol–water partition coefficient (Wildman–Crippen LogP) is 3.07. The van der Waals surface area contributed by atoms with Gasteiger partial charge in [-0.05, 0) is 52.3 Å². The fraction of sp³-hybridized carbons (Fsp3) is 0.478. The Morgan fingerprint density at radius 3 is 2.80 bits per heavy atom. The molecule has 0 fully saturated rings. The number of anilines is 1. The number of pyridine rings is 2. The molecule has 1 aliphatic rings. The van der Waals surface area contributed by atoms with Crippen LogP contribution >= 0.6 is 0 Å². The average molecular weight is 409 g/mol. The topological polar surface area (TPSA) is 49.1 Å². The highest BCUT2D eigenvalue weighted by atomic mass is 16.5. The van der Waals surface area contributed by atoms with Crippen molar-refractivity contribution in [3.05, 3.63) is 54.1 Å². The summed E-state index contributed by atoms with van der Waals surface area (Å²) in [6, 6.07) is 10.5. The van der Waals surface area contributed by atoms with Crippen LogP contribution in [0.15, 0.2) is 42.7 Å². The van der Waals surface area contributed by atoms with Crippen molar-refractivity contribution in [3.8, 4) is 5.75 Å². The van der Waals surface area contributed by atoms with Gasteiger partial charge in [0.05, 0.1) is 24.0 Å². The average Bonchev–Trinajstić information content (AvgIpc) is 3.16. The number of rotatable bonds is 8. The SMILES string of the molecule is CCN(CCN(C)C)c1cccc2nc(CN(C)C3CCOc4cccnc43)cn12. The minimum atomic E-state index is 0.242. The summed E-state index contributed by atoms with van der Waals surface area (Å²) in [6.45, 7) is 6.66. The fourth-order valence-electron chi connectivity index (χ4n) is 4.12. The Hall–Kier alpha value is -2.64. The molecule has 0 saturated carbocycles. The van der Waals surface area contributed by atoms with E-state index in [9.17, 15) is 0 Å². The second-order valence-electron chi connectivity index (χ2n) is 8.18. The number of likely N-dealkylation sites (N-methyl/N-ethyl adjacent to an activating group) is 2. The molecule has 0 aliphatic carbocycles. The second kappa shape index (κ2) is 9.02. The van der Waals surface area contributed by atoms with E-state index in [1.807, 2.05) is 18.3 Å². The predicted molar refractivity (Wildman–Crippen MR) is 120 cm³/mol. The van der Waals surface area contributed by atoms with Gasteiger partial charge in [-0.1, -0.05) is 6.07 Å². The quantitative estimate of drug-likeness (QED) is 0.571. The van der Waals surface area contributed by atoms with Crippen LogP contribution in [0.3, 0.4) is 0 Å². The van der Waals surface area contributed by atoms with Crippen molar-refractivity contribution >= 4 is 11.5 Å². The van der Waals surface area contributed by atoms with Crippen LogP contribution in [-0.4, -0.2) is 71.6 Å². The van der Waals surface area contributed by atoms with Crippen LogP contribution in [0.1, 0.15) is 30.8 Å². The lowest BCUT2D eigenvalue weighted by Gasteiger charge is -2.31. The Morgan fingerprint density at radius 1 is 1.13 bits per heavy atom. The number of imidazole rings is 1. The lowest BCUT2D eigenvalue weighted by atomic mass is 10.1. The Balaban J connectivity index is 1.56. The van der Waals surface area contributed by atoms with E-state index >= 15 is 0 Å². The molecule has 4 heterocycles. The van der Waals surface area contributed by atoms with Gasteiger partial charge >= 0.3 is 0 Å². The number of hydrogen-bond donors (Lipinski definition) is 0. The molecule has 1 aliphatic heterocycles. The molecular weight excluding hydrogens is 376 g/mol. The maximum absolute atomic E-state index is 5.78. The third kappa shape index (κ3) is 4.27. The van der Waals surface area contributed by atoms with Crippen molar-refractivity contribution in [1.82, 2.24) is 24.2 Å². The van der Waals surface area contributed by atoms with E-state index < -0.39 is 0 Å². The summed E-state index contributed by atoms with van der Waals surface area (Å²) < 4.78 is 8.00. The second-order valence-corrected chi connectivity index (χ2v) is 8.18. The summed E-state index contributed by atoms with van der Waals surface area (Å²) in [6.07, 6.45) is 4.96. The molecule has 4 rings (SSSR count). The van der Waals surface area contributed by atoms with Crippen molar-refractivity contribution in [3.63, 3.8) is 0 Å². The highest BCUT2D eigenvalue weighted by molar-refractivity contribution is 5.52. The summed E-state index contributed by atoms with van der Waals surface area (Å²) in [7, 11) is 6.38. The van der Waals surface area contributed by atoms with E-state index in [2.05, 4.69) is 76.5 Å². The molecule has 3 aromatic heterocycles. The lowest BCUT2D eigenvalue weighted by Crippen LogP contribution is -2.32. The first-order valence-electron chi connectivity index (χ1n) is 10.7. The molecule has 7 heteroatoms. The third-order valence-corrected chi connectivity index (χ3v) is 5.75. The van der Waals surface area contributed by atoms with E-state index in [-0.39, 0.29) is 6.04 Å². The molecule has 1 unspecified atom stereocenters. The van der Waals surface area contributed by atoms with Crippen molar-refractivity contribution in [2.24, 2.45) is 0 Å². The first kappa shape index (κ1) is 20.6. The van der Waals surface area contributed by atoms with Gasteiger partial charge in [0.25, 0.3) is 0 Å². The van der Waals surface area contributed by atoms with Gasteiger partial charge in [-0.15, -0.1) is 0 Å². The van der Waals surface area contributed by atoms with Gasteiger partial charge in [-0.2, -0.15) is 0 Å². The number of hydrogen-bond acceptors (Lipinski definition) is 6. The molecule has 30 heavy (non-hydrogen) atoms. The smallest absolute Gasteiger partial charge is 0.142 e. The molecule has 0 saturated heterocycles. The molecule has 0 amide bonds. The molecule has 0 N–H and O–H groups in total. The monoisotopic (exact) mass is 408 g/mol. The molecule has 0 aromatic carbocycles. The molecule has 0 bridgehead atoms. The highest BCUT2D eigenvalue weighted by Crippen LogP contribution is 2.34. The number of fused-ring (bicyclic) bond motifs is 2. The molecule has 0 spiro atoms. The van der Waals surface area contributed by atoms with Crippen LogP contribution in [0, 0.1) is 0 Å². The Labute approximate surface area is 178 Å². The fourth-order valence-corrected chi connectivity index (χ4v) is 4.12. The minimum absolute atomic E-state index is 0.242. The van der Waals surface area contributed by atoms with Crippen molar-refractivity contribution in [2.75, 3.05) is 52.3 Å². The van der Waals surface area contributed by atoms with Crippen molar-refractivity contribution < 1.29 is 4.74 Å². The largest absolute Gasteiger partial charge is 0.492 e. The Morgan fingerprint density at radius 2 is 2.00 bits per heavy atom. The van der Waals surface area contributed by atoms with Crippen molar-refractivity contribution in [1.29, 1.82) is 0 Å². The zero-order valence-electron chi connectivity index (χ0n) is 18.5. The van der Waals surface area contributed by atoms with Crippen LogP contribution in [0.2, 0.25) is 0 Å². The zero-order valence-corrected chi connectivity index (χ0v) is 18.5. The maximum atomic E-state index is 5.78. The summed E-state index contributed by atoms with van der Waals surface area (Å²) in [5, 5.41) is 0. The Bertz CT molecular complexity index is 985. The van der Waals surface area contributed by atoms with Gasteiger partial charge in [0.1, 0.15) is 17.2 Å². The van der Waals surface area contributed by atoms with Crippen LogP contribution < -0.4 is 9.64 Å². The number of nitrogens with zero attached hydrogens (tertiary/aromatic N) is 6. The van der Waals surface area contributed by atoms with E-state index in [0.29, 0.717) is 0 Å². The number of ether oxygens (including phenoxy) is 1. The summed E-state index contributed by atoms with van der Waals surface area (Å²) in [4.78, 5) is 16.5. The third-order valence-electron chi connectivity index (χ3n) is 5.75. The standard InChI is InChI=1S/C23H32N6O/c1-5-28(14-13-26(2)3)22-10-6-9-21-25-18(17-29(21)22)16-27(4)19-11-15-30-20-8-7-12-24-23(19)20/h6-10,12,17,19H,5,11,13-16H2,1-4H3. The van der Waals surface area contributed by atoms with Gasteiger partial charge in [0.2, 0.25) is 0 Å². The lowest BCUT2D eigenvalue weighted by molar-refractivity contribution is 0.155. The summed E-state index contributed by atoms with van der Waals surface area (Å²) in [5.41, 5.74) is 3.08.